The molecule has 0 spiro atoms. The monoisotopic (exact) mass is 295 g/mol. The van der Waals surface area contributed by atoms with Crippen molar-refractivity contribution in [2.45, 2.75) is 65.3 Å². The summed E-state index contributed by atoms with van der Waals surface area (Å²) in [5, 5.41) is 4.09. The Balaban J connectivity index is 2.16. The molecule has 0 bridgehead atoms. The minimum Gasteiger partial charge on any atom is -0.367 e. The molecule has 1 aliphatic carbocycles. The normalized spacial score (nSPS) is 26.8. The van der Waals surface area contributed by atoms with Crippen LogP contribution in [0.25, 0.3) is 0 Å². The van der Waals surface area contributed by atoms with Crippen molar-refractivity contribution in [3.8, 4) is 0 Å². The fourth-order valence-corrected chi connectivity index (χ4v) is 3.23. The fraction of sp³-hybridized carbons (Fsp3) is 0.750. The molecule has 4 heteroatoms. The van der Waals surface area contributed by atoms with E-state index in [0.717, 1.165) is 17.6 Å². The van der Waals surface area contributed by atoms with E-state index in [-0.39, 0.29) is 5.41 Å². The predicted octanol–water partition coefficient (Wildman–Crippen LogP) is 4.66. The maximum absolute atomic E-state index is 6.14. The molecule has 1 heterocycles. The van der Waals surface area contributed by atoms with Gasteiger partial charge in [-0.2, -0.15) is 0 Å². The van der Waals surface area contributed by atoms with Gasteiger partial charge in [0.2, 0.25) is 0 Å². The van der Waals surface area contributed by atoms with Crippen molar-refractivity contribution in [3.63, 3.8) is 0 Å². The molecule has 1 aromatic rings. The first-order valence-corrected chi connectivity index (χ1v) is 8.00. The van der Waals surface area contributed by atoms with Gasteiger partial charge in [0, 0.05) is 17.5 Å². The summed E-state index contributed by atoms with van der Waals surface area (Å²) >= 11 is 6.14. The highest BCUT2D eigenvalue weighted by atomic mass is 35.5. The van der Waals surface area contributed by atoms with Crippen LogP contribution in [0.2, 0.25) is 5.15 Å². The second kappa shape index (κ2) is 5.88. The first kappa shape index (κ1) is 15.6. The van der Waals surface area contributed by atoms with Crippen LogP contribution in [0, 0.1) is 11.8 Å². The van der Waals surface area contributed by atoms with Crippen LogP contribution in [-0.4, -0.2) is 16.0 Å². The minimum absolute atomic E-state index is 0.0887. The Morgan fingerprint density at radius 3 is 2.55 bits per heavy atom. The first-order chi connectivity index (χ1) is 9.31. The largest absolute Gasteiger partial charge is 0.367 e. The number of halogens is 1. The number of aromatic nitrogens is 2. The van der Waals surface area contributed by atoms with Gasteiger partial charge in [-0.1, -0.05) is 52.6 Å². The van der Waals surface area contributed by atoms with Gasteiger partial charge in [-0.05, 0) is 24.7 Å². The summed E-state index contributed by atoms with van der Waals surface area (Å²) in [4.78, 5) is 8.99. The molecule has 1 N–H and O–H groups in total. The summed E-state index contributed by atoms with van der Waals surface area (Å²) in [7, 11) is 0. The van der Waals surface area contributed by atoms with Crippen molar-refractivity contribution in [2.75, 3.05) is 5.32 Å². The fourth-order valence-electron chi connectivity index (χ4n) is 3.04. The van der Waals surface area contributed by atoms with Crippen LogP contribution < -0.4 is 5.32 Å². The molecule has 20 heavy (non-hydrogen) atoms. The molecule has 3 unspecified atom stereocenters. The highest BCUT2D eigenvalue weighted by Crippen LogP contribution is 2.35. The quantitative estimate of drug-likeness (QED) is 0.824. The van der Waals surface area contributed by atoms with Gasteiger partial charge in [0.15, 0.2) is 0 Å². The van der Waals surface area contributed by atoms with Crippen molar-refractivity contribution in [1.29, 1.82) is 0 Å². The number of hydrogen-bond acceptors (Lipinski definition) is 3. The molecular weight excluding hydrogens is 270 g/mol. The van der Waals surface area contributed by atoms with Crippen LogP contribution in [0.15, 0.2) is 6.07 Å². The molecule has 0 amide bonds. The summed E-state index contributed by atoms with van der Waals surface area (Å²) in [5.74, 6) is 3.17. The molecule has 1 aromatic heterocycles. The van der Waals surface area contributed by atoms with Crippen LogP contribution in [0.5, 0.6) is 0 Å². The Kier molecular flexibility index (Phi) is 4.58. The van der Waals surface area contributed by atoms with Gasteiger partial charge in [-0.25, -0.2) is 9.97 Å². The van der Waals surface area contributed by atoms with E-state index in [1.54, 1.807) is 0 Å². The Morgan fingerprint density at radius 1 is 1.30 bits per heavy atom. The zero-order valence-corrected chi connectivity index (χ0v) is 14.0. The van der Waals surface area contributed by atoms with E-state index in [4.69, 9.17) is 11.6 Å². The van der Waals surface area contributed by atoms with Crippen molar-refractivity contribution in [1.82, 2.24) is 9.97 Å². The lowest BCUT2D eigenvalue weighted by Gasteiger charge is -2.23. The lowest BCUT2D eigenvalue weighted by Crippen LogP contribution is -2.26. The van der Waals surface area contributed by atoms with Gasteiger partial charge in [0.25, 0.3) is 0 Å². The van der Waals surface area contributed by atoms with Crippen molar-refractivity contribution in [3.05, 3.63) is 17.0 Å². The standard InChI is InChI=1S/C16H26ClN3/c1-6-11-7-8-12(10(11)2)18-14-9-13(17)19-15(20-14)16(3,4)5/h9-12H,6-8H2,1-5H3,(H,18,19,20). The molecular formula is C16H26ClN3. The second-order valence-corrected chi connectivity index (χ2v) is 7.39. The summed E-state index contributed by atoms with van der Waals surface area (Å²) in [5.41, 5.74) is -0.0887. The molecule has 112 valence electrons. The first-order valence-electron chi connectivity index (χ1n) is 7.63. The molecule has 1 saturated carbocycles. The molecule has 3 atom stereocenters. The summed E-state index contributed by atoms with van der Waals surface area (Å²) < 4.78 is 0. The molecule has 1 fully saturated rings. The van der Waals surface area contributed by atoms with E-state index in [0.29, 0.717) is 17.1 Å². The van der Waals surface area contributed by atoms with E-state index in [2.05, 4.69) is 49.9 Å². The molecule has 3 nitrogen and oxygen atoms in total. The summed E-state index contributed by atoms with van der Waals surface area (Å²) in [6.45, 7) is 10.9. The van der Waals surface area contributed by atoms with Crippen LogP contribution in [-0.2, 0) is 5.41 Å². The van der Waals surface area contributed by atoms with E-state index in [1.165, 1.54) is 19.3 Å². The number of rotatable bonds is 3. The Morgan fingerprint density at radius 2 is 2.00 bits per heavy atom. The van der Waals surface area contributed by atoms with Crippen LogP contribution in [0.3, 0.4) is 0 Å². The maximum Gasteiger partial charge on any atom is 0.137 e. The average Bonchev–Trinajstić information content (AvgIpc) is 2.69. The van der Waals surface area contributed by atoms with Crippen molar-refractivity contribution >= 4 is 17.4 Å². The topological polar surface area (TPSA) is 37.8 Å². The van der Waals surface area contributed by atoms with E-state index in [1.807, 2.05) is 6.07 Å². The summed E-state index contributed by atoms with van der Waals surface area (Å²) in [6.07, 6.45) is 3.78. The van der Waals surface area contributed by atoms with Gasteiger partial charge in [-0.15, -0.1) is 0 Å². The predicted molar refractivity (Wildman–Crippen MR) is 85.3 cm³/mol. The number of hydrogen-bond donors (Lipinski definition) is 1. The third kappa shape index (κ3) is 3.43. The van der Waals surface area contributed by atoms with Crippen LogP contribution >= 0.6 is 11.6 Å². The van der Waals surface area contributed by atoms with Crippen molar-refractivity contribution in [2.24, 2.45) is 11.8 Å². The average molecular weight is 296 g/mol. The zero-order valence-electron chi connectivity index (χ0n) is 13.2. The third-order valence-electron chi connectivity index (χ3n) is 4.45. The van der Waals surface area contributed by atoms with Crippen molar-refractivity contribution < 1.29 is 0 Å². The maximum atomic E-state index is 6.14. The van der Waals surface area contributed by atoms with Crippen LogP contribution in [0.1, 0.15) is 59.7 Å². The smallest absolute Gasteiger partial charge is 0.137 e. The Hall–Kier alpha value is -0.830. The highest BCUT2D eigenvalue weighted by molar-refractivity contribution is 6.29. The second-order valence-electron chi connectivity index (χ2n) is 7.01. The minimum atomic E-state index is -0.0887. The van der Waals surface area contributed by atoms with Gasteiger partial charge < -0.3 is 5.32 Å². The van der Waals surface area contributed by atoms with Gasteiger partial charge in [0.1, 0.15) is 16.8 Å². The Labute approximate surface area is 127 Å². The molecule has 0 radical (unpaired) electrons. The molecule has 2 rings (SSSR count). The highest BCUT2D eigenvalue weighted by Gasteiger charge is 2.32. The zero-order chi connectivity index (χ0) is 14.9. The third-order valence-corrected chi connectivity index (χ3v) is 4.64. The SMILES string of the molecule is CCC1CCC(Nc2cc(Cl)nc(C(C)(C)C)n2)C1C. The van der Waals surface area contributed by atoms with E-state index in [9.17, 15) is 0 Å². The molecule has 0 saturated heterocycles. The number of nitrogens with one attached hydrogen (secondary N) is 1. The van der Waals surface area contributed by atoms with Gasteiger partial charge in [0.05, 0.1) is 0 Å². The number of anilines is 1. The molecule has 0 aliphatic heterocycles. The van der Waals surface area contributed by atoms with Gasteiger partial charge >= 0.3 is 0 Å². The lowest BCUT2D eigenvalue weighted by molar-refractivity contribution is 0.391. The molecule has 1 aliphatic rings. The van der Waals surface area contributed by atoms with E-state index >= 15 is 0 Å². The van der Waals surface area contributed by atoms with E-state index < -0.39 is 0 Å². The lowest BCUT2D eigenvalue weighted by atomic mass is 9.93. The summed E-state index contributed by atoms with van der Waals surface area (Å²) in [6, 6.07) is 2.33. The van der Waals surface area contributed by atoms with Gasteiger partial charge in [-0.3, -0.25) is 0 Å². The Bertz CT molecular complexity index is 467. The molecule has 0 aromatic carbocycles. The number of nitrogens with zero attached hydrogens (tertiary/aromatic N) is 2. The van der Waals surface area contributed by atoms with Crippen LogP contribution in [0.4, 0.5) is 5.82 Å².